The Morgan fingerprint density at radius 1 is 0.889 bits per heavy atom. The van der Waals surface area contributed by atoms with Gasteiger partial charge in [0.25, 0.3) is 0 Å². The number of benzene rings is 2. The van der Waals surface area contributed by atoms with Gasteiger partial charge in [0.15, 0.2) is 0 Å². The third kappa shape index (κ3) is 5.46. The smallest absolute Gasteiger partial charge is 0.0992 e. The van der Waals surface area contributed by atoms with Crippen molar-refractivity contribution in [1.29, 1.82) is 5.26 Å². The highest BCUT2D eigenvalue weighted by Gasteiger charge is 2.11. The fraction of sp³-hybridized carbons (Fsp3) is 0.381. The molecule has 0 unspecified atom stereocenters. The molecule has 2 aromatic rings. The van der Waals surface area contributed by atoms with Gasteiger partial charge >= 0.3 is 0 Å². The number of nitrogens with zero attached hydrogens (tertiary/aromatic N) is 3. The van der Waals surface area contributed by atoms with Crippen LogP contribution in [0.5, 0.6) is 0 Å². The van der Waals surface area contributed by atoms with Crippen molar-refractivity contribution in [1.82, 2.24) is 9.80 Å². The van der Waals surface area contributed by atoms with Crippen molar-refractivity contribution in [3.63, 3.8) is 0 Å². The molecule has 2 heterocycles. The van der Waals surface area contributed by atoms with Crippen LogP contribution in [-0.2, 0) is 13.1 Å². The van der Waals surface area contributed by atoms with Crippen molar-refractivity contribution in [2.75, 3.05) is 50.9 Å². The largest absolute Gasteiger partial charge is 0.383 e. The standard InChI is InChI=1S/C11H13N3.C10H13BrN2/c1-14-5-4-13-11-6-9(7-12)2-3-10(11)8-14;1-13-5-4-12-10-6-9(11)3-2-8(10)7-13/h2-3,6,13H,4-5,8H2,1H3;2-3,6,12H,4-5,7H2,1H3. The second-order valence-corrected chi connectivity index (χ2v) is 8.03. The Morgan fingerprint density at radius 3 is 2.04 bits per heavy atom. The highest BCUT2D eigenvalue weighted by Crippen LogP contribution is 2.24. The Hall–Kier alpha value is -2.07. The van der Waals surface area contributed by atoms with E-state index in [4.69, 9.17) is 5.26 Å². The van der Waals surface area contributed by atoms with E-state index in [0.717, 1.165) is 55.0 Å². The number of hydrogen-bond acceptors (Lipinski definition) is 5. The summed E-state index contributed by atoms with van der Waals surface area (Å²) in [5, 5.41) is 15.5. The molecule has 2 aliphatic rings. The van der Waals surface area contributed by atoms with E-state index in [1.807, 2.05) is 18.2 Å². The van der Waals surface area contributed by atoms with Gasteiger partial charge < -0.3 is 20.4 Å². The average Bonchev–Trinajstić information content (AvgIpc) is 2.95. The van der Waals surface area contributed by atoms with Crippen LogP contribution in [0.2, 0.25) is 0 Å². The molecule has 5 nitrogen and oxygen atoms in total. The lowest BCUT2D eigenvalue weighted by molar-refractivity contribution is 0.346. The number of hydrogen-bond donors (Lipinski definition) is 2. The van der Waals surface area contributed by atoms with Gasteiger partial charge in [0, 0.05) is 55.1 Å². The SMILES string of the molecule is CN1CCNc2cc(Br)ccc2C1.CN1CCNc2cc(C#N)ccc2C1. The molecular weight excluding hydrogens is 402 g/mol. The predicted molar refractivity (Wildman–Crippen MR) is 115 cm³/mol. The van der Waals surface area contributed by atoms with Crippen LogP contribution in [-0.4, -0.2) is 50.1 Å². The molecule has 142 valence electrons. The summed E-state index contributed by atoms with van der Waals surface area (Å²) in [6.45, 7) is 6.10. The van der Waals surface area contributed by atoms with Crippen LogP contribution < -0.4 is 10.6 Å². The molecule has 0 radical (unpaired) electrons. The van der Waals surface area contributed by atoms with Crippen molar-refractivity contribution in [3.05, 3.63) is 57.6 Å². The first kappa shape index (κ1) is 19.7. The fourth-order valence-electron chi connectivity index (χ4n) is 3.30. The van der Waals surface area contributed by atoms with E-state index < -0.39 is 0 Å². The first-order valence-corrected chi connectivity index (χ1v) is 10.0. The Morgan fingerprint density at radius 2 is 1.44 bits per heavy atom. The zero-order valence-electron chi connectivity index (χ0n) is 15.9. The van der Waals surface area contributed by atoms with Crippen molar-refractivity contribution >= 4 is 27.3 Å². The van der Waals surface area contributed by atoms with Gasteiger partial charge in [0.2, 0.25) is 0 Å². The first-order chi connectivity index (χ1) is 13.0. The van der Waals surface area contributed by atoms with E-state index >= 15 is 0 Å². The summed E-state index contributed by atoms with van der Waals surface area (Å²) in [5.74, 6) is 0. The average molecular weight is 428 g/mol. The second-order valence-electron chi connectivity index (χ2n) is 7.11. The summed E-state index contributed by atoms with van der Waals surface area (Å²) < 4.78 is 1.14. The maximum Gasteiger partial charge on any atom is 0.0992 e. The topological polar surface area (TPSA) is 54.3 Å². The third-order valence-corrected chi connectivity index (χ3v) is 5.30. The lowest BCUT2D eigenvalue weighted by Crippen LogP contribution is -2.20. The lowest BCUT2D eigenvalue weighted by Gasteiger charge is -2.12. The van der Waals surface area contributed by atoms with Gasteiger partial charge in [-0.05, 0) is 49.5 Å². The van der Waals surface area contributed by atoms with Crippen LogP contribution >= 0.6 is 15.9 Å². The van der Waals surface area contributed by atoms with E-state index in [-0.39, 0.29) is 0 Å². The molecule has 4 rings (SSSR count). The van der Waals surface area contributed by atoms with Crippen LogP contribution in [0, 0.1) is 11.3 Å². The minimum Gasteiger partial charge on any atom is -0.383 e. The van der Waals surface area contributed by atoms with Gasteiger partial charge in [-0.3, -0.25) is 0 Å². The van der Waals surface area contributed by atoms with Crippen LogP contribution in [0.1, 0.15) is 16.7 Å². The summed E-state index contributed by atoms with van der Waals surface area (Å²) in [7, 11) is 4.26. The van der Waals surface area contributed by atoms with E-state index in [1.165, 1.54) is 16.8 Å². The maximum atomic E-state index is 8.77. The second kappa shape index (κ2) is 9.23. The predicted octanol–water partition coefficient (Wildman–Crippen LogP) is 3.72. The highest BCUT2D eigenvalue weighted by molar-refractivity contribution is 9.10. The Balaban J connectivity index is 0.000000156. The van der Waals surface area contributed by atoms with E-state index in [1.54, 1.807) is 0 Å². The number of anilines is 2. The number of nitriles is 1. The van der Waals surface area contributed by atoms with Gasteiger partial charge in [-0.1, -0.05) is 28.1 Å². The molecule has 0 atom stereocenters. The van der Waals surface area contributed by atoms with Crippen LogP contribution in [0.15, 0.2) is 40.9 Å². The fourth-order valence-corrected chi connectivity index (χ4v) is 3.66. The molecule has 2 N–H and O–H groups in total. The molecule has 2 aromatic carbocycles. The number of rotatable bonds is 0. The van der Waals surface area contributed by atoms with E-state index in [2.05, 4.69) is 74.7 Å². The van der Waals surface area contributed by atoms with Crippen LogP contribution in [0.25, 0.3) is 0 Å². The Bertz CT molecular complexity index is 830. The molecule has 6 heteroatoms. The van der Waals surface area contributed by atoms with E-state index in [9.17, 15) is 0 Å². The summed E-state index contributed by atoms with van der Waals surface area (Å²) >= 11 is 3.48. The van der Waals surface area contributed by atoms with Gasteiger partial charge in [0.1, 0.15) is 0 Å². The molecule has 0 saturated carbocycles. The number of halogens is 1. The monoisotopic (exact) mass is 427 g/mol. The number of likely N-dealkylation sites (N-methyl/N-ethyl adjacent to an activating group) is 2. The van der Waals surface area contributed by atoms with Gasteiger partial charge in [-0.25, -0.2) is 0 Å². The molecule has 0 saturated heterocycles. The van der Waals surface area contributed by atoms with Crippen molar-refractivity contribution < 1.29 is 0 Å². The Labute approximate surface area is 170 Å². The van der Waals surface area contributed by atoms with Crippen molar-refractivity contribution in [3.8, 4) is 6.07 Å². The van der Waals surface area contributed by atoms with Crippen LogP contribution in [0.3, 0.4) is 0 Å². The van der Waals surface area contributed by atoms with Gasteiger partial charge in [0.05, 0.1) is 11.6 Å². The molecule has 27 heavy (non-hydrogen) atoms. The molecule has 0 bridgehead atoms. The molecule has 0 spiro atoms. The van der Waals surface area contributed by atoms with Crippen molar-refractivity contribution in [2.24, 2.45) is 0 Å². The normalized spacial score (nSPS) is 16.8. The number of nitrogens with one attached hydrogen (secondary N) is 2. The van der Waals surface area contributed by atoms with Crippen LogP contribution in [0.4, 0.5) is 11.4 Å². The lowest BCUT2D eigenvalue weighted by atomic mass is 10.1. The molecule has 0 aliphatic carbocycles. The molecule has 0 aromatic heterocycles. The zero-order chi connectivity index (χ0) is 19.2. The number of fused-ring (bicyclic) bond motifs is 2. The van der Waals surface area contributed by atoms with Gasteiger partial charge in [-0.2, -0.15) is 5.26 Å². The minimum atomic E-state index is 0.723. The Kier molecular flexibility index (Phi) is 6.73. The third-order valence-electron chi connectivity index (χ3n) is 4.81. The highest BCUT2D eigenvalue weighted by atomic mass is 79.9. The summed E-state index contributed by atoms with van der Waals surface area (Å²) in [6, 6.07) is 14.4. The zero-order valence-corrected chi connectivity index (χ0v) is 17.5. The first-order valence-electron chi connectivity index (χ1n) is 9.21. The van der Waals surface area contributed by atoms with Crippen molar-refractivity contribution in [2.45, 2.75) is 13.1 Å². The summed E-state index contributed by atoms with van der Waals surface area (Å²) in [4.78, 5) is 4.59. The molecule has 0 amide bonds. The maximum absolute atomic E-state index is 8.77. The summed E-state index contributed by atoms with van der Waals surface area (Å²) in [6.07, 6.45) is 0. The quantitative estimate of drug-likeness (QED) is 0.670. The van der Waals surface area contributed by atoms with Gasteiger partial charge in [-0.15, -0.1) is 0 Å². The molecule has 0 fully saturated rings. The molecular formula is C21H26BrN5. The summed E-state index contributed by atoms with van der Waals surface area (Å²) in [5.41, 5.74) is 5.74. The minimum absolute atomic E-state index is 0.723. The molecule has 2 aliphatic heterocycles. The van der Waals surface area contributed by atoms with E-state index in [0.29, 0.717) is 0 Å².